The van der Waals surface area contributed by atoms with Crippen LogP contribution >= 0.6 is 0 Å². The average Bonchev–Trinajstić information content (AvgIpc) is 3.25. The molecule has 0 aliphatic carbocycles. The highest BCUT2D eigenvalue weighted by Crippen LogP contribution is 2.26. The molecule has 5 N–H and O–H groups in total. The number of carbonyl (C=O) groups excluding carboxylic acids is 2. The van der Waals surface area contributed by atoms with E-state index in [0.717, 1.165) is 24.2 Å². The maximum atomic E-state index is 13.1. The fourth-order valence-corrected chi connectivity index (χ4v) is 3.60. The average molecular weight is 400 g/mol. The number of hydrogen-bond acceptors (Lipinski definition) is 4. The van der Waals surface area contributed by atoms with Crippen molar-refractivity contribution in [3.8, 4) is 0 Å². The molecular weight excluding hydrogens is 376 g/mol. The van der Waals surface area contributed by atoms with Crippen LogP contribution in [-0.4, -0.2) is 18.4 Å². The van der Waals surface area contributed by atoms with E-state index in [9.17, 15) is 9.59 Å². The molecule has 1 atom stereocenters. The van der Waals surface area contributed by atoms with Gasteiger partial charge in [0.1, 0.15) is 6.04 Å². The van der Waals surface area contributed by atoms with Crippen LogP contribution in [0.3, 0.4) is 0 Å². The summed E-state index contributed by atoms with van der Waals surface area (Å²) in [6.45, 7) is 1.24. The molecule has 0 unspecified atom stereocenters. The molecular formula is C24H24N4O2. The highest BCUT2D eigenvalue weighted by atomic mass is 16.2. The topological polar surface area (TPSA) is 96.2 Å². The van der Waals surface area contributed by atoms with Crippen LogP contribution in [0.4, 0.5) is 11.4 Å². The fourth-order valence-electron chi connectivity index (χ4n) is 3.60. The van der Waals surface area contributed by atoms with Gasteiger partial charge >= 0.3 is 0 Å². The third kappa shape index (κ3) is 4.34. The Bertz CT molecular complexity index is 1070. The summed E-state index contributed by atoms with van der Waals surface area (Å²) in [5.74, 6) is -0.622. The van der Waals surface area contributed by atoms with Gasteiger partial charge in [-0.05, 0) is 53.4 Å². The monoisotopic (exact) mass is 400 g/mol. The van der Waals surface area contributed by atoms with Crippen molar-refractivity contribution in [3.05, 3.63) is 95.1 Å². The Kier molecular flexibility index (Phi) is 5.77. The molecule has 1 aliphatic heterocycles. The Balaban J connectivity index is 1.56. The SMILES string of the molecule is NCc1cccc(C(=O)N[C@@H](C(=O)Nc2ccc3c(c2)CCN3)c2ccccc2)c1. The van der Waals surface area contributed by atoms with Gasteiger partial charge in [-0.3, -0.25) is 9.59 Å². The van der Waals surface area contributed by atoms with Gasteiger partial charge in [0.25, 0.3) is 11.8 Å². The van der Waals surface area contributed by atoms with E-state index < -0.39 is 6.04 Å². The minimum Gasteiger partial charge on any atom is -0.384 e. The van der Waals surface area contributed by atoms with Gasteiger partial charge in [0.15, 0.2) is 0 Å². The van der Waals surface area contributed by atoms with Crippen LogP contribution in [0.2, 0.25) is 0 Å². The first-order valence-electron chi connectivity index (χ1n) is 9.96. The fraction of sp³-hybridized carbons (Fsp3) is 0.167. The molecule has 3 aromatic carbocycles. The highest BCUT2D eigenvalue weighted by Gasteiger charge is 2.24. The molecule has 0 fully saturated rings. The van der Waals surface area contributed by atoms with Crippen LogP contribution in [0.25, 0.3) is 0 Å². The first kappa shape index (κ1) is 19.7. The Morgan fingerprint density at radius 2 is 1.83 bits per heavy atom. The number of nitrogens with two attached hydrogens (primary N) is 1. The largest absolute Gasteiger partial charge is 0.384 e. The third-order valence-corrected chi connectivity index (χ3v) is 5.18. The molecule has 3 aromatic rings. The summed E-state index contributed by atoms with van der Waals surface area (Å²) in [7, 11) is 0. The number of benzene rings is 3. The molecule has 0 saturated heterocycles. The number of amides is 2. The number of carbonyl (C=O) groups is 2. The van der Waals surface area contributed by atoms with Crippen LogP contribution in [-0.2, 0) is 17.8 Å². The zero-order chi connectivity index (χ0) is 20.9. The van der Waals surface area contributed by atoms with Crippen LogP contribution in [0.1, 0.15) is 33.1 Å². The van der Waals surface area contributed by atoms with Gasteiger partial charge in [-0.1, -0.05) is 42.5 Å². The minimum absolute atomic E-state index is 0.296. The van der Waals surface area contributed by atoms with Crippen molar-refractivity contribution in [1.82, 2.24) is 5.32 Å². The van der Waals surface area contributed by atoms with Crippen LogP contribution < -0.4 is 21.7 Å². The zero-order valence-corrected chi connectivity index (χ0v) is 16.5. The summed E-state index contributed by atoms with van der Waals surface area (Å²) >= 11 is 0. The van der Waals surface area contributed by atoms with Crippen LogP contribution in [0.15, 0.2) is 72.8 Å². The molecule has 152 valence electrons. The lowest BCUT2D eigenvalue weighted by molar-refractivity contribution is -0.118. The van der Waals surface area contributed by atoms with Gasteiger partial charge < -0.3 is 21.7 Å². The first-order valence-corrected chi connectivity index (χ1v) is 9.96. The number of fused-ring (bicyclic) bond motifs is 1. The molecule has 1 aliphatic rings. The van der Waals surface area contributed by atoms with Gasteiger partial charge in [-0.15, -0.1) is 0 Å². The van der Waals surface area contributed by atoms with Gasteiger partial charge in [0, 0.05) is 30.0 Å². The molecule has 6 nitrogen and oxygen atoms in total. The standard InChI is InChI=1S/C24H24N4O2/c25-15-16-5-4-8-19(13-16)23(29)28-22(17-6-2-1-3-7-17)24(30)27-20-9-10-21-18(14-20)11-12-26-21/h1-10,13-14,22,26H,11-12,15,25H2,(H,27,30)(H,28,29)/t22-/m1/s1. The molecule has 0 saturated carbocycles. The number of anilines is 2. The maximum Gasteiger partial charge on any atom is 0.252 e. The van der Waals surface area contributed by atoms with E-state index in [1.807, 2.05) is 54.6 Å². The summed E-state index contributed by atoms with van der Waals surface area (Å²) in [6.07, 6.45) is 0.926. The summed E-state index contributed by atoms with van der Waals surface area (Å²) in [5, 5.41) is 9.12. The Morgan fingerprint density at radius 1 is 1.00 bits per heavy atom. The Morgan fingerprint density at radius 3 is 2.63 bits per heavy atom. The van der Waals surface area contributed by atoms with Crippen molar-refractivity contribution in [3.63, 3.8) is 0 Å². The normalized spacial score (nSPS) is 13.1. The molecule has 4 rings (SSSR count). The van der Waals surface area contributed by atoms with Crippen molar-refractivity contribution in [2.75, 3.05) is 17.2 Å². The molecule has 1 heterocycles. The lowest BCUT2D eigenvalue weighted by Crippen LogP contribution is -2.37. The van der Waals surface area contributed by atoms with E-state index >= 15 is 0 Å². The summed E-state index contributed by atoms with van der Waals surface area (Å²) in [6, 6.07) is 21.3. The van der Waals surface area contributed by atoms with E-state index in [1.54, 1.807) is 18.2 Å². The third-order valence-electron chi connectivity index (χ3n) is 5.18. The van der Waals surface area contributed by atoms with E-state index in [1.165, 1.54) is 5.56 Å². The number of rotatable bonds is 6. The lowest BCUT2D eigenvalue weighted by Gasteiger charge is -2.19. The summed E-state index contributed by atoms with van der Waals surface area (Å²) in [5.41, 5.74) is 10.7. The van der Waals surface area contributed by atoms with Crippen LogP contribution in [0.5, 0.6) is 0 Å². The second-order valence-corrected chi connectivity index (χ2v) is 7.26. The van der Waals surface area contributed by atoms with E-state index in [4.69, 9.17) is 5.73 Å². The van der Waals surface area contributed by atoms with Crippen LogP contribution in [0, 0.1) is 0 Å². The molecule has 0 radical (unpaired) electrons. The smallest absolute Gasteiger partial charge is 0.252 e. The van der Waals surface area contributed by atoms with Crippen molar-refractivity contribution in [2.45, 2.75) is 19.0 Å². The second-order valence-electron chi connectivity index (χ2n) is 7.26. The molecule has 6 heteroatoms. The highest BCUT2D eigenvalue weighted by molar-refractivity contribution is 6.01. The van der Waals surface area contributed by atoms with Crippen molar-refractivity contribution < 1.29 is 9.59 Å². The maximum absolute atomic E-state index is 13.1. The Hall–Kier alpha value is -3.64. The Labute approximate surface area is 175 Å². The van der Waals surface area contributed by atoms with Crippen molar-refractivity contribution in [2.24, 2.45) is 5.73 Å². The van der Waals surface area contributed by atoms with E-state index in [2.05, 4.69) is 16.0 Å². The lowest BCUT2D eigenvalue weighted by atomic mass is 10.0. The zero-order valence-electron chi connectivity index (χ0n) is 16.5. The molecule has 0 aromatic heterocycles. The molecule has 30 heavy (non-hydrogen) atoms. The first-order chi connectivity index (χ1) is 14.6. The van der Waals surface area contributed by atoms with Gasteiger partial charge in [0.2, 0.25) is 0 Å². The quantitative estimate of drug-likeness (QED) is 0.511. The summed E-state index contributed by atoms with van der Waals surface area (Å²) < 4.78 is 0. The summed E-state index contributed by atoms with van der Waals surface area (Å²) in [4.78, 5) is 26.0. The van der Waals surface area contributed by atoms with Gasteiger partial charge in [-0.25, -0.2) is 0 Å². The van der Waals surface area contributed by atoms with Gasteiger partial charge in [-0.2, -0.15) is 0 Å². The number of nitrogens with one attached hydrogen (secondary N) is 3. The van der Waals surface area contributed by atoms with E-state index in [0.29, 0.717) is 23.4 Å². The molecule has 0 bridgehead atoms. The second kappa shape index (κ2) is 8.80. The number of hydrogen-bond donors (Lipinski definition) is 4. The minimum atomic E-state index is -0.827. The van der Waals surface area contributed by atoms with Gasteiger partial charge in [0.05, 0.1) is 0 Å². The molecule has 0 spiro atoms. The van der Waals surface area contributed by atoms with Crippen molar-refractivity contribution >= 4 is 23.2 Å². The predicted molar refractivity (Wildman–Crippen MR) is 118 cm³/mol. The molecule has 2 amide bonds. The predicted octanol–water partition coefficient (Wildman–Crippen LogP) is 3.22. The van der Waals surface area contributed by atoms with E-state index in [-0.39, 0.29) is 11.8 Å². The van der Waals surface area contributed by atoms with Crippen molar-refractivity contribution in [1.29, 1.82) is 0 Å².